The third-order valence-corrected chi connectivity index (χ3v) is 2.27. The van der Waals surface area contributed by atoms with E-state index in [9.17, 15) is 0 Å². The SMILES string of the molecule is COc1ccc2c(OC(C)C)ccnc2c1. The van der Waals surface area contributed by atoms with Crippen LogP contribution in [0.25, 0.3) is 10.9 Å². The number of methoxy groups -OCH3 is 1. The Balaban J connectivity index is 2.51. The van der Waals surface area contributed by atoms with Crippen molar-refractivity contribution in [1.82, 2.24) is 4.98 Å². The molecule has 0 amide bonds. The van der Waals surface area contributed by atoms with Gasteiger partial charge >= 0.3 is 0 Å². The Labute approximate surface area is 95.0 Å². The van der Waals surface area contributed by atoms with Gasteiger partial charge < -0.3 is 9.47 Å². The fourth-order valence-electron chi connectivity index (χ4n) is 1.59. The van der Waals surface area contributed by atoms with Gasteiger partial charge in [0.05, 0.1) is 18.7 Å². The fourth-order valence-corrected chi connectivity index (χ4v) is 1.59. The van der Waals surface area contributed by atoms with E-state index in [4.69, 9.17) is 9.47 Å². The van der Waals surface area contributed by atoms with E-state index in [0.29, 0.717) is 0 Å². The van der Waals surface area contributed by atoms with Gasteiger partial charge in [0.25, 0.3) is 0 Å². The summed E-state index contributed by atoms with van der Waals surface area (Å²) in [6.07, 6.45) is 1.91. The largest absolute Gasteiger partial charge is 0.497 e. The molecule has 0 radical (unpaired) electrons. The van der Waals surface area contributed by atoms with E-state index in [2.05, 4.69) is 4.98 Å². The predicted molar refractivity (Wildman–Crippen MR) is 64.1 cm³/mol. The van der Waals surface area contributed by atoms with Crippen molar-refractivity contribution in [2.45, 2.75) is 20.0 Å². The van der Waals surface area contributed by atoms with Crippen LogP contribution in [-0.2, 0) is 0 Å². The number of benzene rings is 1. The lowest BCUT2D eigenvalue weighted by Gasteiger charge is -2.12. The third-order valence-electron chi connectivity index (χ3n) is 2.27. The molecule has 3 heteroatoms. The second kappa shape index (κ2) is 4.39. The van der Waals surface area contributed by atoms with Gasteiger partial charge in [-0.05, 0) is 32.0 Å². The van der Waals surface area contributed by atoms with Gasteiger partial charge in [0.15, 0.2) is 0 Å². The summed E-state index contributed by atoms with van der Waals surface area (Å²) in [5, 5.41) is 1.01. The smallest absolute Gasteiger partial charge is 0.130 e. The Morgan fingerprint density at radius 3 is 2.69 bits per heavy atom. The average molecular weight is 217 g/mol. The molecule has 0 bridgehead atoms. The van der Waals surface area contributed by atoms with Crippen LogP contribution in [0.15, 0.2) is 30.5 Å². The molecule has 0 aliphatic rings. The van der Waals surface area contributed by atoms with Crippen LogP contribution in [0.2, 0.25) is 0 Å². The number of ether oxygens (including phenoxy) is 2. The van der Waals surface area contributed by atoms with E-state index in [1.807, 2.05) is 38.1 Å². The first-order valence-corrected chi connectivity index (χ1v) is 5.30. The van der Waals surface area contributed by atoms with Gasteiger partial charge in [0.2, 0.25) is 0 Å². The molecule has 0 atom stereocenters. The third kappa shape index (κ3) is 2.08. The molecular formula is C13H15NO2. The van der Waals surface area contributed by atoms with E-state index in [1.54, 1.807) is 13.3 Å². The summed E-state index contributed by atoms with van der Waals surface area (Å²) in [5.41, 5.74) is 0.887. The standard InChI is InChI=1S/C13H15NO2/c1-9(2)16-13-6-7-14-12-8-10(15-3)4-5-11(12)13/h4-9H,1-3H3. The van der Waals surface area contributed by atoms with Crippen molar-refractivity contribution in [3.8, 4) is 11.5 Å². The summed E-state index contributed by atoms with van der Waals surface area (Å²) in [7, 11) is 1.65. The molecule has 16 heavy (non-hydrogen) atoms. The van der Waals surface area contributed by atoms with Crippen LogP contribution in [0.5, 0.6) is 11.5 Å². The number of rotatable bonds is 3. The van der Waals surface area contributed by atoms with Crippen LogP contribution in [0, 0.1) is 0 Å². The maximum Gasteiger partial charge on any atom is 0.130 e. The average Bonchev–Trinajstić information content (AvgIpc) is 2.28. The zero-order valence-electron chi connectivity index (χ0n) is 9.73. The van der Waals surface area contributed by atoms with E-state index in [1.165, 1.54) is 0 Å². The monoisotopic (exact) mass is 217 g/mol. The highest BCUT2D eigenvalue weighted by Gasteiger charge is 2.05. The lowest BCUT2D eigenvalue weighted by Crippen LogP contribution is -2.05. The number of hydrogen-bond donors (Lipinski definition) is 0. The molecule has 0 aliphatic carbocycles. The van der Waals surface area contributed by atoms with Gasteiger partial charge in [-0.25, -0.2) is 0 Å². The number of nitrogens with zero attached hydrogens (tertiary/aromatic N) is 1. The van der Waals surface area contributed by atoms with Crippen molar-refractivity contribution in [3.05, 3.63) is 30.5 Å². The van der Waals surface area contributed by atoms with Gasteiger partial charge in [-0.1, -0.05) is 0 Å². The molecule has 0 fully saturated rings. The van der Waals surface area contributed by atoms with E-state index >= 15 is 0 Å². The molecule has 3 nitrogen and oxygen atoms in total. The van der Waals surface area contributed by atoms with Crippen molar-refractivity contribution >= 4 is 10.9 Å². The van der Waals surface area contributed by atoms with Crippen molar-refractivity contribution in [2.24, 2.45) is 0 Å². The normalized spacial score (nSPS) is 10.8. The van der Waals surface area contributed by atoms with E-state index in [-0.39, 0.29) is 6.10 Å². The molecular weight excluding hydrogens is 202 g/mol. The number of fused-ring (bicyclic) bond motifs is 1. The molecule has 0 unspecified atom stereocenters. The second-order valence-corrected chi connectivity index (χ2v) is 3.86. The molecule has 1 heterocycles. The molecule has 1 aromatic heterocycles. The van der Waals surface area contributed by atoms with Gasteiger partial charge in [-0.2, -0.15) is 0 Å². The van der Waals surface area contributed by atoms with Gasteiger partial charge in [-0.15, -0.1) is 0 Å². The van der Waals surface area contributed by atoms with Crippen molar-refractivity contribution in [3.63, 3.8) is 0 Å². The maximum atomic E-state index is 5.72. The number of pyridine rings is 1. The zero-order valence-corrected chi connectivity index (χ0v) is 9.73. The highest BCUT2D eigenvalue weighted by molar-refractivity contribution is 5.85. The molecule has 0 saturated heterocycles. The minimum Gasteiger partial charge on any atom is -0.497 e. The van der Waals surface area contributed by atoms with Crippen LogP contribution in [0.3, 0.4) is 0 Å². The first kappa shape index (κ1) is 10.7. The van der Waals surface area contributed by atoms with Crippen LogP contribution >= 0.6 is 0 Å². The summed E-state index contributed by atoms with van der Waals surface area (Å²) in [4.78, 5) is 4.30. The second-order valence-electron chi connectivity index (χ2n) is 3.86. The first-order chi connectivity index (χ1) is 7.70. The minimum atomic E-state index is 0.160. The molecule has 0 N–H and O–H groups in total. The summed E-state index contributed by atoms with van der Waals surface area (Å²) < 4.78 is 10.9. The van der Waals surface area contributed by atoms with Crippen LogP contribution in [-0.4, -0.2) is 18.2 Å². The van der Waals surface area contributed by atoms with Crippen LogP contribution in [0.1, 0.15) is 13.8 Å². The van der Waals surface area contributed by atoms with Gasteiger partial charge in [0.1, 0.15) is 11.5 Å². The lowest BCUT2D eigenvalue weighted by atomic mass is 10.2. The van der Waals surface area contributed by atoms with Crippen molar-refractivity contribution in [1.29, 1.82) is 0 Å². The molecule has 84 valence electrons. The zero-order chi connectivity index (χ0) is 11.5. The van der Waals surface area contributed by atoms with Gasteiger partial charge in [0, 0.05) is 17.6 Å². The maximum absolute atomic E-state index is 5.72. The fraction of sp³-hybridized carbons (Fsp3) is 0.308. The summed E-state index contributed by atoms with van der Waals surface area (Å²) >= 11 is 0. The Bertz CT molecular complexity index is 494. The molecule has 0 saturated carbocycles. The predicted octanol–water partition coefficient (Wildman–Crippen LogP) is 3.03. The van der Waals surface area contributed by atoms with E-state index < -0.39 is 0 Å². The minimum absolute atomic E-state index is 0.160. The summed E-state index contributed by atoms with van der Waals surface area (Å²) in [6.45, 7) is 4.02. The highest BCUT2D eigenvalue weighted by atomic mass is 16.5. The Morgan fingerprint density at radius 1 is 1.19 bits per heavy atom. The Kier molecular flexibility index (Phi) is 2.95. The van der Waals surface area contributed by atoms with E-state index in [0.717, 1.165) is 22.4 Å². The number of aromatic nitrogens is 1. The number of hydrogen-bond acceptors (Lipinski definition) is 3. The molecule has 1 aromatic carbocycles. The summed E-state index contributed by atoms with van der Waals surface area (Å²) in [6, 6.07) is 7.67. The summed E-state index contributed by atoms with van der Waals surface area (Å²) in [5.74, 6) is 1.67. The lowest BCUT2D eigenvalue weighted by molar-refractivity contribution is 0.245. The molecule has 0 aliphatic heterocycles. The molecule has 2 aromatic rings. The van der Waals surface area contributed by atoms with Crippen molar-refractivity contribution < 1.29 is 9.47 Å². The van der Waals surface area contributed by atoms with Crippen molar-refractivity contribution in [2.75, 3.05) is 7.11 Å². The van der Waals surface area contributed by atoms with Crippen LogP contribution in [0.4, 0.5) is 0 Å². The highest BCUT2D eigenvalue weighted by Crippen LogP contribution is 2.27. The Morgan fingerprint density at radius 2 is 2.00 bits per heavy atom. The quantitative estimate of drug-likeness (QED) is 0.791. The Hall–Kier alpha value is -1.77. The molecule has 2 rings (SSSR count). The van der Waals surface area contributed by atoms with Crippen LogP contribution < -0.4 is 9.47 Å². The molecule has 0 spiro atoms. The topological polar surface area (TPSA) is 31.4 Å². The first-order valence-electron chi connectivity index (χ1n) is 5.30. The van der Waals surface area contributed by atoms with Gasteiger partial charge in [-0.3, -0.25) is 4.98 Å².